The Morgan fingerprint density at radius 3 is 2.87 bits per heavy atom. The van der Waals surface area contributed by atoms with Crippen molar-refractivity contribution in [3.8, 4) is 0 Å². The Bertz CT molecular complexity index is 402. The molecule has 0 bridgehead atoms. The van der Waals surface area contributed by atoms with Gasteiger partial charge in [0, 0.05) is 24.8 Å². The number of aliphatic hydroxyl groups excluding tert-OH is 1. The minimum Gasteiger partial charge on any atom is -0.389 e. The van der Waals surface area contributed by atoms with E-state index in [9.17, 15) is 10.1 Å². The molecule has 2 rings (SSSR count). The van der Waals surface area contributed by atoms with Crippen LogP contribution in [0.15, 0.2) is 12.3 Å². The van der Waals surface area contributed by atoms with Crippen molar-refractivity contribution in [1.82, 2.24) is 4.98 Å². The molecular weight excluding hydrogens is 198 g/mol. The lowest BCUT2D eigenvalue weighted by atomic mass is 10.1. The summed E-state index contributed by atoms with van der Waals surface area (Å²) in [6.07, 6.45) is 1.14. The lowest BCUT2D eigenvalue weighted by Crippen LogP contribution is -2.51. The Kier molecular flexibility index (Phi) is 2.28. The van der Waals surface area contributed by atoms with Gasteiger partial charge >= 0.3 is 0 Å². The van der Waals surface area contributed by atoms with E-state index in [1.54, 1.807) is 11.8 Å². The van der Waals surface area contributed by atoms with E-state index in [4.69, 9.17) is 5.11 Å². The number of hydrogen-bond donors (Lipinski definition) is 1. The molecule has 0 amide bonds. The summed E-state index contributed by atoms with van der Waals surface area (Å²) in [6.45, 7) is 2.64. The molecule has 1 saturated heterocycles. The Hall–Kier alpha value is -1.69. The summed E-state index contributed by atoms with van der Waals surface area (Å²) in [5.74, 6) is 0.553. The number of rotatable bonds is 2. The number of β-amino-alcohol motifs (C(OH)–C–C–N with tert-alkyl or cyclic N) is 1. The SMILES string of the molecule is Cc1cnc(N2CC(O)C2)cc1[N+](=O)[O-]. The highest BCUT2D eigenvalue weighted by molar-refractivity contribution is 5.52. The molecule has 0 unspecified atom stereocenters. The summed E-state index contributed by atoms with van der Waals surface area (Å²) >= 11 is 0. The van der Waals surface area contributed by atoms with Gasteiger partial charge in [0.25, 0.3) is 5.69 Å². The topological polar surface area (TPSA) is 79.5 Å². The number of hydrogen-bond acceptors (Lipinski definition) is 5. The van der Waals surface area contributed by atoms with Crippen LogP contribution in [0.4, 0.5) is 11.5 Å². The van der Waals surface area contributed by atoms with E-state index >= 15 is 0 Å². The second-order valence-corrected chi connectivity index (χ2v) is 3.64. The largest absolute Gasteiger partial charge is 0.389 e. The zero-order valence-electron chi connectivity index (χ0n) is 8.25. The van der Waals surface area contributed by atoms with Crippen LogP contribution >= 0.6 is 0 Å². The van der Waals surface area contributed by atoms with Crippen LogP contribution in [0, 0.1) is 17.0 Å². The number of aromatic nitrogens is 1. The molecule has 1 fully saturated rings. The monoisotopic (exact) mass is 209 g/mol. The molecule has 0 saturated carbocycles. The summed E-state index contributed by atoms with van der Waals surface area (Å²) < 4.78 is 0. The zero-order valence-corrected chi connectivity index (χ0v) is 8.25. The first-order valence-corrected chi connectivity index (χ1v) is 4.62. The van der Waals surface area contributed by atoms with Gasteiger partial charge in [-0.15, -0.1) is 0 Å². The van der Waals surface area contributed by atoms with Crippen molar-refractivity contribution < 1.29 is 10.0 Å². The average Bonchev–Trinajstić information content (AvgIpc) is 2.14. The summed E-state index contributed by atoms with van der Waals surface area (Å²) in [6, 6.07) is 1.45. The van der Waals surface area contributed by atoms with Gasteiger partial charge in [0.1, 0.15) is 5.82 Å². The molecule has 0 spiro atoms. The molecule has 80 valence electrons. The van der Waals surface area contributed by atoms with Crippen molar-refractivity contribution in [2.75, 3.05) is 18.0 Å². The Labute approximate surface area is 86.3 Å². The first-order valence-electron chi connectivity index (χ1n) is 4.62. The van der Waals surface area contributed by atoms with Gasteiger partial charge in [-0.05, 0) is 6.92 Å². The third kappa shape index (κ3) is 1.75. The van der Waals surface area contributed by atoms with Crippen LogP contribution in [0.5, 0.6) is 0 Å². The van der Waals surface area contributed by atoms with Gasteiger partial charge in [-0.2, -0.15) is 0 Å². The van der Waals surface area contributed by atoms with Gasteiger partial charge in [0.15, 0.2) is 0 Å². The summed E-state index contributed by atoms with van der Waals surface area (Å²) in [4.78, 5) is 16.1. The van der Waals surface area contributed by atoms with E-state index in [1.807, 2.05) is 0 Å². The lowest BCUT2D eigenvalue weighted by molar-refractivity contribution is -0.385. The average molecular weight is 209 g/mol. The van der Waals surface area contributed by atoms with Crippen LogP contribution in [0.25, 0.3) is 0 Å². The highest BCUT2D eigenvalue weighted by Crippen LogP contribution is 2.25. The van der Waals surface area contributed by atoms with Crippen molar-refractivity contribution in [1.29, 1.82) is 0 Å². The van der Waals surface area contributed by atoms with Gasteiger partial charge in [0.05, 0.1) is 17.1 Å². The third-order valence-corrected chi connectivity index (χ3v) is 2.44. The molecule has 1 aliphatic heterocycles. The fourth-order valence-corrected chi connectivity index (χ4v) is 1.51. The van der Waals surface area contributed by atoms with Crippen molar-refractivity contribution in [3.05, 3.63) is 27.9 Å². The second-order valence-electron chi connectivity index (χ2n) is 3.64. The zero-order chi connectivity index (χ0) is 11.0. The number of aryl methyl sites for hydroxylation is 1. The maximum atomic E-state index is 10.7. The molecule has 0 aliphatic carbocycles. The molecule has 1 aromatic heterocycles. The predicted octanol–water partition coefficient (Wildman–Crippen LogP) is 0.479. The minimum atomic E-state index is -0.420. The van der Waals surface area contributed by atoms with E-state index < -0.39 is 4.92 Å². The van der Waals surface area contributed by atoms with Crippen LogP contribution in [-0.2, 0) is 0 Å². The first-order chi connectivity index (χ1) is 7.08. The maximum absolute atomic E-state index is 10.7. The minimum absolute atomic E-state index is 0.0707. The summed E-state index contributed by atoms with van der Waals surface area (Å²) in [5.41, 5.74) is 0.617. The van der Waals surface area contributed by atoms with E-state index in [1.165, 1.54) is 12.3 Å². The maximum Gasteiger partial charge on any atom is 0.277 e. The van der Waals surface area contributed by atoms with Gasteiger partial charge in [-0.25, -0.2) is 4.98 Å². The summed E-state index contributed by atoms with van der Waals surface area (Å²) in [7, 11) is 0. The van der Waals surface area contributed by atoms with E-state index in [-0.39, 0.29) is 11.8 Å². The molecule has 6 heteroatoms. The molecule has 2 heterocycles. The van der Waals surface area contributed by atoms with Gasteiger partial charge in [0.2, 0.25) is 0 Å². The Balaban J connectivity index is 2.27. The van der Waals surface area contributed by atoms with Crippen molar-refractivity contribution >= 4 is 11.5 Å². The number of nitro groups is 1. The molecule has 6 nitrogen and oxygen atoms in total. The smallest absolute Gasteiger partial charge is 0.277 e. The van der Waals surface area contributed by atoms with E-state index in [0.717, 1.165) is 0 Å². The fraction of sp³-hybridized carbons (Fsp3) is 0.444. The predicted molar refractivity (Wildman–Crippen MR) is 53.8 cm³/mol. The number of anilines is 1. The molecule has 0 atom stereocenters. The molecule has 1 N–H and O–H groups in total. The van der Waals surface area contributed by atoms with Crippen LogP contribution in [0.2, 0.25) is 0 Å². The second kappa shape index (κ2) is 3.47. The van der Waals surface area contributed by atoms with Gasteiger partial charge in [-0.1, -0.05) is 0 Å². The van der Waals surface area contributed by atoms with E-state index in [0.29, 0.717) is 24.5 Å². The van der Waals surface area contributed by atoms with Crippen molar-refractivity contribution in [3.63, 3.8) is 0 Å². The van der Waals surface area contributed by atoms with Crippen molar-refractivity contribution in [2.24, 2.45) is 0 Å². The normalized spacial score (nSPS) is 16.3. The lowest BCUT2D eigenvalue weighted by Gasteiger charge is -2.36. The number of pyridine rings is 1. The molecule has 1 aliphatic rings. The fourth-order valence-electron chi connectivity index (χ4n) is 1.51. The van der Waals surface area contributed by atoms with Crippen molar-refractivity contribution in [2.45, 2.75) is 13.0 Å². The van der Waals surface area contributed by atoms with Crippen LogP contribution in [0.1, 0.15) is 5.56 Å². The molecule has 1 aromatic rings. The third-order valence-electron chi connectivity index (χ3n) is 2.44. The van der Waals surface area contributed by atoms with Gasteiger partial charge < -0.3 is 10.0 Å². The summed E-state index contributed by atoms with van der Waals surface area (Å²) in [5, 5.41) is 19.8. The first kappa shape index (κ1) is 9.85. The molecule has 15 heavy (non-hydrogen) atoms. The highest BCUT2D eigenvalue weighted by Gasteiger charge is 2.27. The molecular formula is C9H11N3O3. The Morgan fingerprint density at radius 2 is 2.33 bits per heavy atom. The van der Waals surface area contributed by atoms with E-state index in [2.05, 4.69) is 4.98 Å². The van der Waals surface area contributed by atoms with Gasteiger partial charge in [-0.3, -0.25) is 10.1 Å². The quantitative estimate of drug-likeness (QED) is 0.566. The highest BCUT2D eigenvalue weighted by atomic mass is 16.6. The number of aliphatic hydroxyl groups is 1. The van der Waals surface area contributed by atoms with Crippen LogP contribution in [0.3, 0.4) is 0 Å². The standard InChI is InChI=1S/C9H11N3O3/c1-6-3-10-9(2-8(6)12(14)15)11-4-7(13)5-11/h2-3,7,13H,4-5H2,1H3. The molecule has 0 aromatic carbocycles. The van der Waals surface area contributed by atoms with Crippen LogP contribution in [-0.4, -0.2) is 34.2 Å². The Morgan fingerprint density at radius 1 is 1.67 bits per heavy atom. The molecule has 0 radical (unpaired) electrons. The van der Waals surface area contributed by atoms with Crippen LogP contribution < -0.4 is 4.90 Å². The number of nitrogens with zero attached hydrogens (tertiary/aromatic N) is 3.